The number of benzene rings is 1. The van der Waals surface area contributed by atoms with Crippen molar-refractivity contribution in [2.45, 2.75) is 32.9 Å². The van der Waals surface area contributed by atoms with Crippen LogP contribution in [-0.2, 0) is 0 Å². The van der Waals surface area contributed by atoms with Crippen LogP contribution in [0.2, 0.25) is 5.02 Å². The lowest BCUT2D eigenvalue weighted by molar-refractivity contribution is 0.199. The van der Waals surface area contributed by atoms with Gasteiger partial charge in [0.25, 0.3) is 0 Å². The molecule has 2 rings (SSSR count). The van der Waals surface area contributed by atoms with Gasteiger partial charge in [-0.2, -0.15) is 5.10 Å². The van der Waals surface area contributed by atoms with E-state index in [1.54, 1.807) is 31.3 Å². The molecule has 0 fully saturated rings. The second-order valence-corrected chi connectivity index (χ2v) is 5.12. The summed E-state index contributed by atoms with van der Waals surface area (Å²) in [5.41, 5.74) is 0.759. The number of nitrogens with zero attached hydrogens (tertiary/aromatic N) is 2. The Morgan fingerprint density at radius 3 is 2.58 bits per heavy atom. The summed E-state index contributed by atoms with van der Waals surface area (Å²) in [6.45, 7) is 5.78. The van der Waals surface area contributed by atoms with Gasteiger partial charge in [0.1, 0.15) is 5.75 Å². The average Bonchev–Trinajstić information content (AvgIpc) is 2.80. The van der Waals surface area contributed by atoms with E-state index in [1.807, 2.05) is 24.7 Å². The first-order valence-corrected chi connectivity index (χ1v) is 6.54. The molecular formula is C14H17ClN2O2. The molecule has 1 heterocycles. The fraction of sp³-hybridized carbons (Fsp3) is 0.357. The van der Waals surface area contributed by atoms with Gasteiger partial charge >= 0.3 is 0 Å². The highest BCUT2D eigenvalue weighted by molar-refractivity contribution is 6.32. The molecule has 4 nitrogen and oxygen atoms in total. The number of hydrogen-bond donors (Lipinski definition) is 1. The van der Waals surface area contributed by atoms with Gasteiger partial charge in [-0.15, -0.1) is 0 Å². The molecular weight excluding hydrogens is 264 g/mol. The first-order valence-electron chi connectivity index (χ1n) is 6.17. The lowest BCUT2D eigenvalue weighted by Gasteiger charge is -2.09. The Hall–Kier alpha value is -1.52. The van der Waals surface area contributed by atoms with Crippen molar-refractivity contribution in [2.24, 2.45) is 0 Å². The minimum Gasteiger partial charge on any atom is -0.452 e. The van der Waals surface area contributed by atoms with Crippen molar-refractivity contribution in [2.75, 3.05) is 0 Å². The number of aliphatic hydroxyl groups is 1. The smallest absolute Gasteiger partial charge is 0.165 e. The highest BCUT2D eigenvalue weighted by atomic mass is 35.5. The molecule has 0 aliphatic carbocycles. The Morgan fingerprint density at radius 2 is 2.05 bits per heavy atom. The van der Waals surface area contributed by atoms with Gasteiger partial charge in [-0.3, -0.25) is 4.68 Å². The van der Waals surface area contributed by atoms with Crippen molar-refractivity contribution < 1.29 is 9.84 Å². The summed E-state index contributed by atoms with van der Waals surface area (Å²) < 4.78 is 7.49. The molecule has 19 heavy (non-hydrogen) atoms. The number of aromatic nitrogens is 2. The highest BCUT2D eigenvalue weighted by Gasteiger charge is 2.09. The summed E-state index contributed by atoms with van der Waals surface area (Å²) in [6, 6.07) is 5.52. The Bertz CT molecular complexity index is 564. The highest BCUT2D eigenvalue weighted by Crippen LogP contribution is 2.31. The van der Waals surface area contributed by atoms with Crippen LogP contribution in [0.5, 0.6) is 11.5 Å². The number of ether oxygens (including phenoxy) is 1. The van der Waals surface area contributed by atoms with Crippen LogP contribution in [0.3, 0.4) is 0 Å². The lowest BCUT2D eigenvalue weighted by Crippen LogP contribution is -1.99. The molecule has 0 saturated heterocycles. The van der Waals surface area contributed by atoms with Gasteiger partial charge in [-0.05, 0) is 38.5 Å². The summed E-state index contributed by atoms with van der Waals surface area (Å²) in [6.07, 6.45) is 2.93. The number of hydrogen-bond acceptors (Lipinski definition) is 3. The molecule has 0 spiro atoms. The molecule has 0 radical (unpaired) electrons. The van der Waals surface area contributed by atoms with Crippen LogP contribution in [0.25, 0.3) is 0 Å². The molecule has 5 heteroatoms. The molecule has 1 aromatic carbocycles. The van der Waals surface area contributed by atoms with E-state index in [-0.39, 0.29) is 6.04 Å². The van der Waals surface area contributed by atoms with E-state index >= 15 is 0 Å². The minimum absolute atomic E-state index is 0.283. The van der Waals surface area contributed by atoms with Crippen molar-refractivity contribution in [3.05, 3.63) is 41.2 Å². The predicted octanol–water partition coefficient (Wildman–Crippen LogP) is 3.96. The molecule has 1 unspecified atom stereocenters. The molecule has 1 atom stereocenters. The van der Waals surface area contributed by atoms with Crippen LogP contribution in [0.4, 0.5) is 0 Å². The van der Waals surface area contributed by atoms with Crippen LogP contribution in [0.1, 0.15) is 38.5 Å². The summed E-state index contributed by atoms with van der Waals surface area (Å²) in [5.74, 6) is 1.19. The Kier molecular flexibility index (Phi) is 4.12. The largest absolute Gasteiger partial charge is 0.452 e. The van der Waals surface area contributed by atoms with Crippen LogP contribution in [0.15, 0.2) is 30.6 Å². The molecule has 1 N–H and O–H groups in total. The van der Waals surface area contributed by atoms with E-state index in [4.69, 9.17) is 16.3 Å². The Labute approximate surface area is 117 Å². The maximum Gasteiger partial charge on any atom is 0.165 e. The van der Waals surface area contributed by atoms with E-state index in [0.717, 1.165) is 5.56 Å². The zero-order chi connectivity index (χ0) is 14.0. The quantitative estimate of drug-likeness (QED) is 0.922. The van der Waals surface area contributed by atoms with Crippen molar-refractivity contribution >= 4 is 11.6 Å². The van der Waals surface area contributed by atoms with Gasteiger partial charge < -0.3 is 9.84 Å². The zero-order valence-corrected chi connectivity index (χ0v) is 11.9. The number of aliphatic hydroxyl groups excluding tert-OH is 1. The van der Waals surface area contributed by atoms with Crippen molar-refractivity contribution in [1.29, 1.82) is 0 Å². The summed E-state index contributed by atoms with van der Waals surface area (Å²) in [7, 11) is 0. The molecule has 102 valence electrons. The summed E-state index contributed by atoms with van der Waals surface area (Å²) in [5, 5.41) is 14.1. The van der Waals surface area contributed by atoms with Crippen molar-refractivity contribution in [3.8, 4) is 11.5 Å². The molecule has 0 saturated carbocycles. The third-order valence-electron chi connectivity index (χ3n) is 2.77. The number of halogens is 1. The van der Waals surface area contributed by atoms with Gasteiger partial charge in [-0.25, -0.2) is 0 Å². The van der Waals surface area contributed by atoms with Crippen LogP contribution in [0, 0.1) is 0 Å². The van der Waals surface area contributed by atoms with Crippen LogP contribution >= 0.6 is 11.6 Å². The monoisotopic (exact) mass is 280 g/mol. The number of rotatable bonds is 4. The third kappa shape index (κ3) is 3.28. The molecule has 2 aromatic rings. The summed E-state index contributed by atoms with van der Waals surface area (Å²) >= 11 is 6.13. The van der Waals surface area contributed by atoms with E-state index in [2.05, 4.69) is 5.10 Å². The molecule has 0 aliphatic rings. The second kappa shape index (κ2) is 5.63. The van der Waals surface area contributed by atoms with E-state index in [1.165, 1.54) is 0 Å². The average molecular weight is 281 g/mol. The normalized spacial score (nSPS) is 12.7. The first kappa shape index (κ1) is 13.9. The fourth-order valence-electron chi connectivity index (χ4n) is 1.64. The second-order valence-electron chi connectivity index (χ2n) is 4.72. The van der Waals surface area contributed by atoms with E-state index in [9.17, 15) is 5.11 Å². The first-order chi connectivity index (χ1) is 8.97. The maximum absolute atomic E-state index is 9.48. The van der Waals surface area contributed by atoms with E-state index in [0.29, 0.717) is 16.5 Å². The topological polar surface area (TPSA) is 47.3 Å². The molecule has 1 aromatic heterocycles. The standard InChI is InChI=1S/C14H17ClN2O2/c1-9(2)17-8-12(7-16-17)19-14-5-4-11(10(3)18)6-13(14)15/h4-10,18H,1-3H3. The van der Waals surface area contributed by atoms with Gasteiger partial charge in [-0.1, -0.05) is 17.7 Å². The molecule has 0 aliphatic heterocycles. The van der Waals surface area contributed by atoms with Gasteiger partial charge in [0.05, 0.1) is 23.5 Å². The van der Waals surface area contributed by atoms with Gasteiger partial charge in [0, 0.05) is 6.04 Å². The zero-order valence-electron chi connectivity index (χ0n) is 11.2. The molecule has 0 bridgehead atoms. The van der Waals surface area contributed by atoms with Gasteiger partial charge in [0.2, 0.25) is 0 Å². The lowest BCUT2D eigenvalue weighted by atomic mass is 10.1. The van der Waals surface area contributed by atoms with Crippen molar-refractivity contribution in [1.82, 2.24) is 9.78 Å². The SMILES string of the molecule is CC(O)c1ccc(Oc2cnn(C(C)C)c2)c(Cl)c1. The van der Waals surface area contributed by atoms with Crippen LogP contribution < -0.4 is 4.74 Å². The molecule has 0 amide bonds. The van der Waals surface area contributed by atoms with Gasteiger partial charge in [0.15, 0.2) is 5.75 Å². The Balaban J connectivity index is 2.18. The van der Waals surface area contributed by atoms with E-state index < -0.39 is 6.10 Å². The summed E-state index contributed by atoms with van der Waals surface area (Å²) in [4.78, 5) is 0. The van der Waals surface area contributed by atoms with Crippen molar-refractivity contribution in [3.63, 3.8) is 0 Å². The third-order valence-corrected chi connectivity index (χ3v) is 3.07. The minimum atomic E-state index is -0.546. The van der Waals surface area contributed by atoms with Crippen LogP contribution in [-0.4, -0.2) is 14.9 Å². The fourth-order valence-corrected chi connectivity index (χ4v) is 1.87. The predicted molar refractivity (Wildman–Crippen MR) is 74.8 cm³/mol. The maximum atomic E-state index is 9.48. The Morgan fingerprint density at radius 1 is 1.32 bits per heavy atom.